The fraction of sp³-hybridized carbons (Fsp3) is 0.818. The van der Waals surface area contributed by atoms with Gasteiger partial charge in [0.15, 0.2) is 0 Å². The Balaban J connectivity index is 2.29. The third kappa shape index (κ3) is 5.33. The highest BCUT2D eigenvalue weighted by Crippen LogP contribution is 1.99. The molecule has 18 heavy (non-hydrogen) atoms. The van der Waals surface area contributed by atoms with Crippen molar-refractivity contribution in [3.05, 3.63) is 0 Å². The predicted molar refractivity (Wildman–Crippen MR) is 67.1 cm³/mol. The summed E-state index contributed by atoms with van der Waals surface area (Å²) in [6, 6.07) is -0.650. The van der Waals surface area contributed by atoms with E-state index < -0.39 is 5.97 Å². The molecule has 0 radical (unpaired) electrons. The van der Waals surface area contributed by atoms with Gasteiger partial charge in [0.2, 0.25) is 0 Å². The molecule has 1 aliphatic rings. The van der Waals surface area contributed by atoms with Crippen molar-refractivity contribution in [3.63, 3.8) is 0 Å². The number of piperazine rings is 1. The number of amides is 2. The van der Waals surface area contributed by atoms with Gasteiger partial charge in [0.05, 0.1) is 6.42 Å². The van der Waals surface area contributed by atoms with Crippen molar-refractivity contribution in [2.24, 2.45) is 0 Å². The number of carboxylic acid groups (broad SMARTS) is 1. The predicted octanol–water partition coefficient (Wildman–Crippen LogP) is -0.299. The van der Waals surface area contributed by atoms with Gasteiger partial charge in [0, 0.05) is 32.2 Å². The number of likely N-dealkylation sites (N-methyl/N-ethyl adjacent to an activating group) is 1. The maximum atomic E-state index is 11.7. The van der Waals surface area contributed by atoms with Gasteiger partial charge in [0.1, 0.15) is 0 Å². The Morgan fingerprint density at radius 2 is 1.89 bits per heavy atom. The molecule has 1 aliphatic heterocycles. The quantitative estimate of drug-likeness (QED) is 0.630. The van der Waals surface area contributed by atoms with Gasteiger partial charge in [-0.15, -0.1) is 0 Å². The van der Waals surface area contributed by atoms with Crippen LogP contribution in [0.4, 0.5) is 4.79 Å². The Hall–Kier alpha value is -1.34. The van der Waals surface area contributed by atoms with Crippen LogP contribution in [0, 0.1) is 0 Å². The third-order valence-electron chi connectivity index (χ3n) is 3.01. The van der Waals surface area contributed by atoms with Crippen LogP contribution in [-0.4, -0.2) is 66.3 Å². The second-order valence-corrected chi connectivity index (χ2v) is 4.58. The zero-order valence-electron chi connectivity index (χ0n) is 11.0. The number of carbonyl (C=O) groups excluding carboxylic acids is 1. The number of hydrogen-bond acceptors (Lipinski definition) is 4. The van der Waals surface area contributed by atoms with Gasteiger partial charge in [-0.05, 0) is 13.5 Å². The van der Waals surface area contributed by atoms with Crippen LogP contribution >= 0.6 is 0 Å². The number of rotatable bonds is 5. The van der Waals surface area contributed by atoms with E-state index in [0.29, 0.717) is 6.42 Å². The maximum Gasteiger partial charge on any atom is 0.329 e. The van der Waals surface area contributed by atoms with Crippen LogP contribution in [0.3, 0.4) is 0 Å². The smallest absolute Gasteiger partial charge is 0.329 e. The number of hydrazine groups is 1. The van der Waals surface area contributed by atoms with Gasteiger partial charge in [-0.25, -0.2) is 9.80 Å². The first-order valence-electron chi connectivity index (χ1n) is 6.23. The second-order valence-electron chi connectivity index (χ2n) is 4.58. The van der Waals surface area contributed by atoms with E-state index in [4.69, 9.17) is 5.11 Å². The number of nitrogens with zero attached hydrogens (tertiary/aromatic N) is 2. The molecule has 1 saturated heterocycles. The fourth-order valence-electron chi connectivity index (χ4n) is 1.79. The third-order valence-corrected chi connectivity index (χ3v) is 3.01. The largest absolute Gasteiger partial charge is 0.481 e. The first-order valence-corrected chi connectivity index (χ1v) is 6.23. The SMILES string of the molecule is CCC(CC(=O)O)NC(=O)NN1CCN(C)CC1. The Morgan fingerprint density at radius 3 is 2.39 bits per heavy atom. The van der Waals surface area contributed by atoms with Gasteiger partial charge < -0.3 is 15.3 Å². The summed E-state index contributed by atoms with van der Waals surface area (Å²) in [5.74, 6) is -0.901. The topological polar surface area (TPSA) is 84.9 Å². The highest BCUT2D eigenvalue weighted by atomic mass is 16.4. The molecule has 0 saturated carbocycles. The van der Waals surface area contributed by atoms with Crippen molar-refractivity contribution in [1.29, 1.82) is 0 Å². The molecule has 7 heteroatoms. The second kappa shape index (κ2) is 7.17. The Kier molecular flexibility index (Phi) is 5.87. The summed E-state index contributed by atoms with van der Waals surface area (Å²) in [6.07, 6.45) is 0.551. The molecule has 1 heterocycles. The molecule has 1 fully saturated rings. The van der Waals surface area contributed by atoms with Crippen LogP contribution in [0.5, 0.6) is 0 Å². The van der Waals surface area contributed by atoms with E-state index in [9.17, 15) is 9.59 Å². The van der Waals surface area contributed by atoms with Crippen LogP contribution in [0.25, 0.3) is 0 Å². The van der Waals surface area contributed by atoms with E-state index in [1.807, 2.05) is 19.0 Å². The number of hydrogen-bond donors (Lipinski definition) is 3. The summed E-state index contributed by atoms with van der Waals surface area (Å²) in [6.45, 7) is 5.22. The van der Waals surface area contributed by atoms with Gasteiger partial charge >= 0.3 is 12.0 Å². The first kappa shape index (κ1) is 14.7. The van der Waals surface area contributed by atoms with Crippen molar-refractivity contribution in [1.82, 2.24) is 20.7 Å². The minimum atomic E-state index is -0.901. The van der Waals surface area contributed by atoms with E-state index in [0.717, 1.165) is 26.2 Å². The molecule has 1 unspecified atom stereocenters. The van der Waals surface area contributed by atoms with Gasteiger partial charge in [0.25, 0.3) is 0 Å². The molecule has 0 aromatic heterocycles. The highest BCUT2D eigenvalue weighted by molar-refractivity contribution is 5.75. The summed E-state index contributed by atoms with van der Waals surface area (Å²) in [4.78, 5) is 24.5. The molecule has 1 atom stereocenters. The highest BCUT2D eigenvalue weighted by Gasteiger charge is 2.18. The first-order chi connectivity index (χ1) is 8.51. The van der Waals surface area contributed by atoms with E-state index in [1.165, 1.54) is 0 Å². The summed E-state index contributed by atoms with van der Waals surface area (Å²) < 4.78 is 0. The van der Waals surface area contributed by atoms with E-state index in [-0.39, 0.29) is 18.5 Å². The number of carbonyl (C=O) groups is 2. The van der Waals surface area contributed by atoms with Crippen molar-refractivity contribution >= 4 is 12.0 Å². The fourth-order valence-corrected chi connectivity index (χ4v) is 1.79. The minimum Gasteiger partial charge on any atom is -0.481 e. The molecule has 0 aromatic carbocycles. The molecule has 2 amide bonds. The lowest BCUT2D eigenvalue weighted by Crippen LogP contribution is -2.56. The average Bonchev–Trinajstić information content (AvgIpc) is 2.30. The number of carboxylic acids is 1. The van der Waals surface area contributed by atoms with Gasteiger partial charge in [-0.3, -0.25) is 10.2 Å². The summed E-state index contributed by atoms with van der Waals surface area (Å²) >= 11 is 0. The zero-order valence-corrected chi connectivity index (χ0v) is 11.0. The molecule has 0 aliphatic carbocycles. The zero-order chi connectivity index (χ0) is 13.5. The lowest BCUT2D eigenvalue weighted by molar-refractivity contribution is -0.137. The lowest BCUT2D eigenvalue weighted by atomic mass is 10.1. The van der Waals surface area contributed by atoms with Crippen LogP contribution in [0.2, 0.25) is 0 Å². The molecule has 1 rings (SSSR count). The normalized spacial score (nSPS) is 19.2. The van der Waals surface area contributed by atoms with Gasteiger partial charge in [-0.2, -0.15) is 0 Å². The number of aliphatic carboxylic acids is 1. The maximum absolute atomic E-state index is 11.7. The molecular weight excluding hydrogens is 236 g/mol. The van der Waals surface area contributed by atoms with Crippen LogP contribution in [0.15, 0.2) is 0 Å². The Labute approximate surface area is 107 Å². The number of urea groups is 1. The number of nitrogens with one attached hydrogen (secondary N) is 2. The van der Waals surface area contributed by atoms with E-state index in [1.54, 1.807) is 0 Å². The Bertz CT molecular complexity index is 290. The van der Waals surface area contributed by atoms with Crippen molar-refractivity contribution in [2.75, 3.05) is 33.2 Å². The van der Waals surface area contributed by atoms with Crippen LogP contribution < -0.4 is 10.7 Å². The molecular formula is C11H22N4O3. The standard InChI is InChI=1S/C11H22N4O3/c1-3-9(8-10(16)17)12-11(18)13-15-6-4-14(2)5-7-15/h9H,3-8H2,1-2H3,(H,16,17)(H2,12,13,18). The summed E-state index contributed by atoms with van der Waals surface area (Å²) in [5.41, 5.74) is 2.74. The van der Waals surface area contributed by atoms with Crippen molar-refractivity contribution < 1.29 is 14.7 Å². The molecule has 3 N–H and O–H groups in total. The molecule has 104 valence electrons. The molecule has 0 spiro atoms. The van der Waals surface area contributed by atoms with E-state index >= 15 is 0 Å². The lowest BCUT2D eigenvalue weighted by Gasteiger charge is -2.32. The summed E-state index contributed by atoms with van der Waals surface area (Å²) in [7, 11) is 2.04. The van der Waals surface area contributed by atoms with Crippen LogP contribution in [-0.2, 0) is 4.79 Å². The van der Waals surface area contributed by atoms with Gasteiger partial charge in [-0.1, -0.05) is 6.92 Å². The van der Waals surface area contributed by atoms with Crippen molar-refractivity contribution in [3.8, 4) is 0 Å². The monoisotopic (exact) mass is 258 g/mol. The molecule has 0 bridgehead atoms. The molecule has 0 aromatic rings. The molecule has 7 nitrogen and oxygen atoms in total. The summed E-state index contributed by atoms with van der Waals surface area (Å²) in [5, 5.41) is 13.2. The average molecular weight is 258 g/mol. The van der Waals surface area contributed by atoms with Crippen LogP contribution in [0.1, 0.15) is 19.8 Å². The van der Waals surface area contributed by atoms with Crippen molar-refractivity contribution in [2.45, 2.75) is 25.8 Å². The van der Waals surface area contributed by atoms with E-state index in [2.05, 4.69) is 15.6 Å². The Morgan fingerprint density at radius 1 is 1.28 bits per heavy atom. The minimum absolute atomic E-state index is 0.0490.